The molecule has 0 N–H and O–H groups in total. The van der Waals surface area contributed by atoms with Crippen molar-refractivity contribution in [3.8, 4) is 0 Å². The number of ether oxygens (including phenoxy) is 1. The van der Waals surface area contributed by atoms with Crippen LogP contribution in [-0.2, 0) is 22.1 Å². The Kier molecular flexibility index (Phi) is 5.91. The van der Waals surface area contributed by atoms with Crippen molar-refractivity contribution in [1.82, 2.24) is 9.88 Å². The number of fused-ring (bicyclic) bond motifs is 3. The summed E-state index contributed by atoms with van der Waals surface area (Å²) in [5, 5.41) is 0. The fraction of sp³-hybridized carbons (Fsp3) is 0.520. The van der Waals surface area contributed by atoms with Crippen LogP contribution >= 0.6 is 0 Å². The van der Waals surface area contributed by atoms with Crippen LogP contribution in [0.15, 0.2) is 42.6 Å². The van der Waals surface area contributed by atoms with Crippen LogP contribution in [-0.4, -0.2) is 66.8 Å². The second-order valence-electron chi connectivity index (χ2n) is 9.55. The number of benzene rings is 1. The van der Waals surface area contributed by atoms with Gasteiger partial charge < -0.3 is 19.4 Å². The molecule has 0 radical (unpaired) electrons. The average molecular weight is 475 g/mol. The Hall–Kier alpha value is -2.81. The summed E-state index contributed by atoms with van der Waals surface area (Å²) in [7, 11) is 0. The first-order valence-corrected chi connectivity index (χ1v) is 11.8. The van der Waals surface area contributed by atoms with Crippen molar-refractivity contribution in [1.29, 1.82) is 0 Å². The van der Waals surface area contributed by atoms with E-state index in [1.54, 1.807) is 12.3 Å². The molecule has 0 spiro atoms. The number of carbonyl (C=O) groups excluding carboxylic acids is 1. The molecule has 1 amide bonds. The molecule has 0 saturated carbocycles. The van der Waals surface area contributed by atoms with Gasteiger partial charge in [0.1, 0.15) is 5.82 Å². The van der Waals surface area contributed by atoms with E-state index in [0.29, 0.717) is 38.3 Å². The summed E-state index contributed by atoms with van der Waals surface area (Å²) in [4.78, 5) is 24.4. The van der Waals surface area contributed by atoms with E-state index in [9.17, 15) is 18.0 Å². The number of alkyl halides is 3. The molecule has 0 unspecified atom stereocenters. The monoisotopic (exact) mass is 474 g/mol. The fourth-order valence-corrected chi connectivity index (χ4v) is 5.63. The molecule has 4 atom stereocenters. The van der Waals surface area contributed by atoms with Crippen molar-refractivity contribution in [2.45, 2.75) is 44.7 Å². The third-order valence-electron chi connectivity index (χ3n) is 7.06. The van der Waals surface area contributed by atoms with Crippen LogP contribution in [0.25, 0.3) is 0 Å². The molecule has 3 aliphatic heterocycles. The summed E-state index contributed by atoms with van der Waals surface area (Å²) < 4.78 is 46.1. The van der Waals surface area contributed by atoms with Gasteiger partial charge in [-0.3, -0.25) is 4.79 Å². The van der Waals surface area contributed by atoms with Gasteiger partial charge in [-0.1, -0.05) is 6.07 Å². The van der Waals surface area contributed by atoms with E-state index in [1.807, 2.05) is 36.9 Å². The number of halogens is 3. The molecule has 1 aromatic heterocycles. The van der Waals surface area contributed by atoms with Crippen LogP contribution in [0.4, 0.5) is 24.7 Å². The normalized spacial score (nSPS) is 27.3. The Morgan fingerprint density at radius 1 is 1.06 bits per heavy atom. The van der Waals surface area contributed by atoms with Gasteiger partial charge in [0, 0.05) is 44.6 Å². The first-order valence-electron chi connectivity index (χ1n) is 11.8. The van der Waals surface area contributed by atoms with Crippen LogP contribution < -0.4 is 9.80 Å². The number of carbonyl (C=O) groups is 1. The van der Waals surface area contributed by atoms with E-state index in [0.717, 1.165) is 17.6 Å². The fourth-order valence-electron chi connectivity index (χ4n) is 5.63. The highest BCUT2D eigenvalue weighted by atomic mass is 19.4. The summed E-state index contributed by atoms with van der Waals surface area (Å²) >= 11 is 0. The van der Waals surface area contributed by atoms with E-state index >= 15 is 0 Å². The predicted octanol–water partition coefficient (Wildman–Crippen LogP) is 3.60. The summed E-state index contributed by atoms with van der Waals surface area (Å²) in [5.41, 5.74) is 0.716. The van der Waals surface area contributed by atoms with Crippen molar-refractivity contribution in [2.75, 3.05) is 42.5 Å². The zero-order valence-electron chi connectivity index (χ0n) is 19.3. The highest BCUT2D eigenvalue weighted by Crippen LogP contribution is 2.40. The third kappa shape index (κ3) is 4.33. The highest BCUT2D eigenvalue weighted by molar-refractivity contribution is 5.82. The van der Waals surface area contributed by atoms with Crippen molar-refractivity contribution in [3.63, 3.8) is 0 Å². The molecular weight excluding hydrogens is 445 g/mol. The zero-order valence-corrected chi connectivity index (χ0v) is 19.3. The Bertz CT molecular complexity index is 1040. The minimum atomic E-state index is -4.42. The Labute approximate surface area is 197 Å². The molecule has 1 aromatic carbocycles. The lowest BCUT2D eigenvalue weighted by Crippen LogP contribution is -2.62. The van der Waals surface area contributed by atoms with Gasteiger partial charge >= 0.3 is 6.18 Å². The number of nitrogens with zero attached hydrogens (tertiary/aromatic N) is 4. The van der Waals surface area contributed by atoms with Crippen LogP contribution in [0.3, 0.4) is 0 Å². The minimum absolute atomic E-state index is 0.0112. The van der Waals surface area contributed by atoms with E-state index < -0.39 is 17.7 Å². The lowest BCUT2D eigenvalue weighted by atomic mass is 9.82. The van der Waals surface area contributed by atoms with Crippen LogP contribution in [0.2, 0.25) is 0 Å². The maximum Gasteiger partial charge on any atom is 0.416 e. The van der Waals surface area contributed by atoms with Gasteiger partial charge in [-0.15, -0.1) is 0 Å². The number of pyridine rings is 1. The number of morpholine rings is 1. The molecule has 34 heavy (non-hydrogen) atoms. The molecule has 4 heterocycles. The van der Waals surface area contributed by atoms with Gasteiger partial charge in [-0.05, 0) is 56.2 Å². The smallest absolute Gasteiger partial charge is 0.372 e. The lowest BCUT2D eigenvalue weighted by Gasteiger charge is -2.50. The molecule has 182 valence electrons. The Morgan fingerprint density at radius 3 is 2.50 bits per heavy atom. The standard InChI is InChI=1S/C25H29F3N4O2/c1-16-13-31(14-17(2)34-16)24(33)20-12-18-11-19(25(26,27)28)6-7-21(18)32-10-9-30(15-22(20)32)23-5-3-4-8-29-23/h3-8,11,16-17,20,22H,9-10,12-15H2,1-2H3/t16-,17+,20-,22+/m1/s1. The van der Waals surface area contributed by atoms with Gasteiger partial charge in [0.15, 0.2) is 0 Å². The SMILES string of the molecule is C[C@@H]1CN(C(=O)[C@@H]2Cc3cc(C(F)(F)F)ccc3N3CCN(c4ccccn4)C[C@@H]23)C[C@H](C)O1. The van der Waals surface area contributed by atoms with E-state index in [1.165, 1.54) is 6.07 Å². The molecule has 2 saturated heterocycles. The predicted molar refractivity (Wildman–Crippen MR) is 123 cm³/mol. The number of aromatic nitrogens is 1. The van der Waals surface area contributed by atoms with Gasteiger partial charge in [0.05, 0.1) is 29.7 Å². The maximum absolute atomic E-state index is 13.8. The summed E-state index contributed by atoms with van der Waals surface area (Å²) in [5.74, 6) is 0.392. The minimum Gasteiger partial charge on any atom is -0.372 e. The maximum atomic E-state index is 13.8. The van der Waals surface area contributed by atoms with Crippen molar-refractivity contribution in [2.24, 2.45) is 5.92 Å². The van der Waals surface area contributed by atoms with E-state index in [4.69, 9.17) is 4.74 Å². The van der Waals surface area contributed by atoms with Crippen molar-refractivity contribution in [3.05, 3.63) is 53.7 Å². The second kappa shape index (κ2) is 8.76. The van der Waals surface area contributed by atoms with E-state index in [2.05, 4.69) is 14.8 Å². The summed E-state index contributed by atoms with van der Waals surface area (Å²) in [6.07, 6.45) is -2.54. The Morgan fingerprint density at radius 2 is 1.82 bits per heavy atom. The summed E-state index contributed by atoms with van der Waals surface area (Å²) in [6.45, 7) is 6.75. The third-order valence-corrected chi connectivity index (χ3v) is 7.06. The molecule has 6 nitrogen and oxygen atoms in total. The van der Waals surface area contributed by atoms with Crippen molar-refractivity contribution >= 4 is 17.4 Å². The molecule has 2 aromatic rings. The molecule has 0 bridgehead atoms. The topological polar surface area (TPSA) is 48.9 Å². The number of anilines is 2. The molecule has 5 rings (SSSR count). The molecule has 9 heteroatoms. The highest BCUT2D eigenvalue weighted by Gasteiger charge is 2.45. The quantitative estimate of drug-likeness (QED) is 0.666. The molecule has 2 fully saturated rings. The lowest BCUT2D eigenvalue weighted by molar-refractivity contribution is -0.148. The molecule has 3 aliphatic rings. The largest absolute Gasteiger partial charge is 0.416 e. The van der Waals surface area contributed by atoms with Crippen LogP contribution in [0.1, 0.15) is 25.0 Å². The first kappa shape index (κ1) is 23.0. The van der Waals surface area contributed by atoms with Crippen LogP contribution in [0.5, 0.6) is 0 Å². The summed E-state index contributed by atoms with van der Waals surface area (Å²) in [6, 6.07) is 9.53. The average Bonchev–Trinajstić information content (AvgIpc) is 2.81. The van der Waals surface area contributed by atoms with Gasteiger partial charge in [-0.25, -0.2) is 4.98 Å². The van der Waals surface area contributed by atoms with E-state index in [-0.39, 0.29) is 30.6 Å². The van der Waals surface area contributed by atoms with Gasteiger partial charge in [0.25, 0.3) is 0 Å². The number of amides is 1. The Balaban J connectivity index is 1.49. The van der Waals surface area contributed by atoms with Crippen LogP contribution in [0, 0.1) is 5.92 Å². The zero-order chi connectivity index (χ0) is 24.0. The number of hydrogen-bond donors (Lipinski definition) is 0. The number of rotatable bonds is 2. The number of piperazine rings is 1. The first-order chi connectivity index (χ1) is 16.2. The number of hydrogen-bond acceptors (Lipinski definition) is 5. The second-order valence-corrected chi connectivity index (χ2v) is 9.55. The van der Waals surface area contributed by atoms with Gasteiger partial charge in [-0.2, -0.15) is 13.2 Å². The van der Waals surface area contributed by atoms with Crippen molar-refractivity contribution < 1.29 is 22.7 Å². The molecule has 0 aliphatic carbocycles. The molecular formula is C25H29F3N4O2. The van der Waals surface area contributed by atoms with Gasteiger partial charge in [0.2, 0.25) is 5.91 Å².